The number of hydrogen-bond donors (Lipinski definition) is 2. The van der Waals surface area contributed by atoms with Crippen molar-refractivity contribution in [3.63, 3.8) is 0 Å². The fourth-order valence-corrected chi connectivity index (χ4v) is 2.08. The largest absolute Gasteiger partial charge is 0.494 e. The van der Waals surface area contributed by atoms with Gasteiger partial charge in [-0.25, -0.2) is 5.10 Å². The number of nitrogens with one attached hydrogen (secondary N) is 1. The maximum absolute atomic E-state index is 5.44. The van der Waals surface area contributed by atoms with Crippen molar-refractivity contribution in [2.45, 2.75) is 17.8 Å². The van der Waals surface area contributed by atoms with Crippen LogP contribution in [0.4, 0.5) is 5.95 Å². The monoisotopic (exact) mass is 250 g/mol. The molecular formula is C11H14N4OS. The van der Waals surface area contributed by atoms with Gasteiger partial charge in [0.2, 0.25) is 11.1 Å². The summed E-state index contributed by atoms with van der Waals surface area (Å²) in [7, 11) is 0. The van der Waals surface area contributed by atoms with Gasteiger partial charge >= 0.3 is 0 Å². The van der Waals surface area contributed by atoms with Crippen LogP contribution in [0.25, 0.3) is 0 Å². The van der Waals surface area contributed by atoms with Crippen LogP contribution in [-0.2, 0) is 5.75 Å². The van der Waals surface area contributed by atoms with Gasteiger partial charge in [-0.05, 0) is 24.6 Å². The van der Waals surface area contributed by atoms with Crippen LogP contribution in [0.1, 0.15) is 12.5 Å². The molecule has 1 aromatic carbocycles. The third kappa shape index (κ3) is 3.39. The molecule has 0 aliphatic carbocycles. The number of nitrogens with two attached hydrogens (primary N) is 1. The van der Waals surface area contributed by atoms with E-state index in [-0.39, 0.29) is 0 Å². The number of nitrogens with zero attached hydrogens (tertiary/aromatic N) is 2. The van der Waals surface area contributed by atoms with Crippen molar-refractivity contribution in [1.29, 1.82) is 0 Å². The second-order valence-corrected chi connectivity index (χ2v) is 4.31. The smallest absolute Gasteiger partial charge is 0.216 e. The molecule has 6 heteroatoms. The molecule has 0 bridgehead atoms. The summed E-state index contributed by atoms with van der Waals surface area (Å²) in [4.78, 5) is 4.02. The Morgan fingerprint density at radius 2 is 2.12 bits per heavy atom. The van der Waals surface area contributed by atoms with Crippen molar-refractivity contribution in [3.05, 3.63) is 29.8 Å². The van der Waals surface area contributed by atoms with E-state index in [0.717, 1.165) is 11.5 Å². The first-order chi connectivity index (χ1) is 8.28. The van der Waals surface area contributed by atoms with Crippen LogP contribution in [-0.4, -0.2) is 21.8 Å². The van der Waals surface area contributed by atoms with Crippen molar-refractivity contribution in [3.8, 4) is 5.75 Å². The SMILES string of the molecule is CCOc1ccc(CSc2n[nH]c(N)n2)cc1. The summed E-state index contributed by atoms with van der Waals surface area (Å²) in [6.45, 7) is 2.65. The molecule has 2 rings (SSSR count). The van der Waals surface area contributed by atoms with Crippen LogP contribution in [0.2, 0.25) is 0 Å². The molecule has 0 saturated carbocycles. The summed E-state index contributed by atoms with van der Waals surface area (Å²) < 4.78 is 5.37. The summed E-state index contributed by atoms with van der Waals surface area (Å²) in [5.74, 6) is 2.05. The fraction of sp³-hybridized carbons (Fsp3) is 0.273. The Labute approximate surface area is 104 Å². The third-order valence-electron chi connectivity index (χ3n) is 2.08. The summed E-state index contributed by atoms with van der Waals surface area (Å²) in [6, 6.07) is 8.00. The highest BCUT2D eigenvalue weighted by molar-refractivity contribution is 7.98. The van der Waals surface area contributed by atoms with E-state index < -0.39 is 0 Å². The molecule has 3 N–H and O–H groups in total. The average molecular weight is 250 g/mol. The molecule has 1 heterocycles. The van der Waals surface area contributed by atoms with Crippen molar-refractivity contribution in [2.24, 2.45) is 0 Å². The molecule has 2 aromatic rings. The Morgan fingerprint density at radius 1 is 1.35 bits per heavy atom. The lowest BCUT2D eigenvalue weighted by Crippen LogP contribution is -1.91. The van der Waals surface area contributed by atoms with Crippen LogP contribution in [0.5, 0.6) is 5.75 Å². The third-order valence-corrected chi connectivity index (χ3v) is 3.00. The first-order valence-electron chi connectivity index (χ1n) is 5.30. The van der Waals surface area contributed by atoms with Crippen LogP contribution in [0.15, 0.2) is 29.4 Å². The number of benzene rings is 1. The minimum Gasteiger partial charge on any atom is -0.494 e. The normalized spacial score (nSPS) is 10.4. The van der Waals surface area contributed by atoms with E-state index in [9.17, 15) is 0 Å². The number of hydrogen-bond acceptors (Lipinski definition) is 5. The topological polar surface area (TPSA) is 76.8 Å². The predicted octanol–water partition coefficient (Wildman–Crippen LogP) is 2.08. The van der Waals surface area contributed by atoms with Crippen molar-refractivity contribution in [2.75, 3.05) is 12.3 Å². The summed E-state index contributed by atoms with van der Waals surface area (Å²) in [5, 5.41) is 7.22. The van der Waals surface area contributed by atoms with Gasteiger partial charge in [-0.15, -0.1) is 5.10 Å². The highest BCUT2D eigenvalue weighted by atomic mass is 32.2. The molecule has 0 aliphatic rings. The number of ether oxygens (including phenoxy) is 1. The number of anilines is 1. The van der Waals surface area contributed by atoms with Crippen molar-refractivity contribution in [1.82, 2.24) is 15.2 Å². The Balaban J connectivity index is 1.90. The zero-order chi connectivity index (χ0) is 12.1. The van der Waals surface area contributed by atoms with Gasteiger partial charge in [0.25, 0.3) is 0 Å². The molecule has 0 fully saturated rings. The fourth-order valence-electron chi connectivity index (χ4n) is 1.32. The van der Waals surface area contributed by atoms with Crippen LogP contribution in [0, 0.1) is 0 Å². The summed E-state index contributed by atoms with van der Waals surface area (Å²) in [6.07, 6.45) is 0. The zero-order valence-corrected chi connectivity index (χ0v) is 10.3. The number of thioether (sulfide) groups is 1. The van der Waals surface area contributed by atoms with Gasteiger partial charge in [0.15, 0.2) is 0 Å². The van der Waals surface area contributed by atoms with E-state index >= 15 is 0 Å². The summed E-state index contributed by atoms with van der Waals surface area (Å²) >= 11 is 1.54. The van der Waals surface area contributed by atoms with E-state index in [1.54, 1.807) is 0 Å². The van der Waals surface area contributed by atoms with Gasteiger partial charge in [-0.1, -0.05) is 23.9 Å². The molecule has 0 atom stereocenters. The number of H-pyrrole nitrogens is 1. The van der Waals surface area contributed by atoms with Gasteiger partial charge in [-0.2, -0.15) is 4.98 Å². The Morgan fingerprint density at radius 3 is 2.71 bits per heavy atom. The predicted molar refractivity (Wildman–Crippen MR) is 68.0 cm³/mol. The second kappa shape index (κ2) is 5.58. The van der Waals surface area contributed by atoms with Gasteiger partial charge in [-0.3, -0.25) is 0 Å². The van der Waals surface area contributed by atoms with Gasteiger partial charge in [0.05, 0.1) is 6.61 Å². The maximum Gasteiger partial charge on any atom is 0.216 e. The Hall–Kier alpha value is -1.69. The van der Waals surface area contributed by atoms with Gasteiger partial charge in [0.1, 0.15) is 5.75 Å². The van der Waals surface area contributed by atoms with E-state index in [4.69, 9.17) is 10.5 Å². The van der Waals surface area contributed by atoms with E-state index in [1.807, 2.05) is 31.2 Å². The first-order valence-corrected chi connectivity index (χ1v) is 6.29. The Kier molecular flexibility index (Phi) is 3.87. The molecule has 0 amide bonds. The van der Waals surface area contributed by atoms with Gasteiger partial charge < -0.3 is 10.5 Å². The number of aromatic amines is 1. The second-order valence-electron chi connectivity index (χ2n) is 3.37. The lowest BCUT2D eigenvalue weighted by atomic mass is 10.2. The molecule has 0 radical (unpaired) electrons. The number of nitrogen functional groups attached to an aromatic ring is 1. The molecule has 0 saturated heterocycles. The lowest BCUT2D eigenvalue weighted by molar-refractivity contribution is 0.340. The highest BCUT2D eigenvalue weighted by Gasteiger charge is 2.02. The average Bonchev–Trinajstić information content (AvgIpc) is 2.75. The first kappa shape index (κ1) is 11.8. The zero-order valence-electron chi connectivity index (χ0n) is 9.51. The van der Waals surface area contributed by atoms with E-state index in [2.05, 4.69) is 15.2 Å². The minimum absolute atomic E-state index is 0.346. The molecule has 0 aliphatic heterocycles. The summed E-state index contributed by atoms with van der Waals surface area (Å²) in [5.41, 5.74) is 6.64. The molecular weight excluding hydrogens is 236 g/mol. The van der Waals surface area contributed by atoms with E-state index in [1.165, 1.54) is 17.3 Å². The molecule has 90 valence electrons. The van der Waals surface area contributed by atoms with E-state index in [0.29, 0.717) is 17.7 Å². The molecule has 5 nitrogen and oxygen atoms in total. The molecule has 1 aromatic heterocycles. The lowest BCUT2D eigenvalue weighted by Gasteiger charge is -2.03. The van der Waals surface area contributed by atoms with Gasteiger partial charge in [0, 0.05) is 5.75 Å². The van der Waals surface area contributed by atoms with Crippen LogP contribution < -0.4 is 10.5 Å². The minimum atomic E-state index is 0.346. The number of rotatable bonds is 5. The van der Waals surface area contributed by atoms with Crippen LogP contribution in [0.3, 0.4) is 0 Å². The molecule has 0 unspecified atom stereocenters. The van der Waals surface area contributed by atoms with Crippen LogP contribution >= 0.6 is 11.8 Å². The Bertz CT molecular complexity index is 469. The molecule has 17 heavy (non-hydrogen) atoms. The van der Waals surface area contributed by atoms with Crippen molar-refractivity contribution < 1.29 is 4.74 Å². The maximum atomic E-state index is 5.44. The number of aromatic nitrogens is 3. The quantitative estimate of drug-likeness (QED) is 0.794. The highest BCUT2D eigenvalue weighted by Crippen LogP contribution is 2.21. The molecule has 0 spiro atoms. The van der Waals surface area contributed by atoms with Crippen molar-refractivity contribution >= 4 is 17.7 Å². The standard InChI is InChI=1S/C11H14N4OS/c1-2-16-9-5-3-8(4-6-9)7-17-11-13-10(12)14-15-11/h3-6H,2,7H2,1H3,(H3,12,13,14,15).